The summed E-state index contributed by atoms with van der Waals surface area (Å²) in [6.07, 6.45) is 0.0692. The molecule has 0 aliphatic carbocycles. The van der Waals surface area contributed by atoms with Crippen molar-refractivity contribution in [3.05, 3.63) is 58.0 Å². The van der Waals surface area contributed by atoms with Crippen LogP contribution < -0.4 is 0 Å². The standard InChI is InChI=1S/C17H14FNO2S/c1-11(12-2-4-14(18)5-3-12)8-16(20)15(9-19)17(21)13-6-7-22-10-13/h2-7,10-11,15H,8H2,1H3/t11-,15-/m1/s1. The molecule has 0 aliphatic rings. The van der Waals surface area contributed by atoms with Crippen molar-refractivity contribution in [1.82, 2.24) is 0 Å². The Morgan fingerprint density at radius 1 is 1.27 bits per heavy atom. The minimum atomic E-state index is -1.28. The molecule has 2 atom stereocenters. The Kier molecular flexibility index (Phi) is 5.18. The Bertz CT molecular complexity index is 701. The zero-order valence-electron chi connectivity index (χ0n) is 12.0. The fourth-order valence-corrected chi connectivity index (χ4v) is 2.82. The van der Waals surface area contributed by atoms with Gasteiger partial charge in [-0.1, -0.05) is 19.1 Å². The summed E-state index contributed by atoms with van der Waals surface area (Å²) in [6, 6.07) is 9.28. The molecule has 0 saturated heterocycles. The monoisotopic (exact) mass is 315 g/mol. The number of halogens is 1. The van der Waals surface area contributed by atoms with Crippen molar-refractivity contribution in [1.29, 1.82) is 5.26 Å². The second-order valence-corrected chi connectivity index (χ2v) is 5.84. The van der Waals surface area contributed by atoms with Crippen LogP contribution >= 0.6 is 11.3 Å². The van der Waals surface area contributed by atoms with E-state index in [1.54, 1.807) is 35.0 Å². The molecule has 3 nitrogen and oxygen atoms in total. The maximum Gasteiger partial charge on any atom is 0.188 e. The first-order valence-corrected chi connectivity index (χ1v) is 7.71. The lowest BCUT2D eigenvalue weighted by molar-refractivity contribution is -0.120. The summed E-state index contributed by atoms with van der Waals surface area (Å²) in [5.74, 6) is -2.67. The van der Waals surface area contributed by atoms with Crippen LogP contribution in [0.5, 0.6) is 0 Å². The van der Waals surface area contributed by atoms with Gasteiger partial charge in [0.1, 0.15) is 5.82 Å². The number of thiophene rings is 1. The molecule has 1 heterocycles. The van der Waals surface area contributed by atoms with Gasteiger partial charge in [-0.2, -0.15) is 16.6 Å². The molecule has 0 aliphatic heterocycles. The number of carbonyl (C=O) groups is 2. The molecule has 0 unspecified atom stereocenters. The first kappa shape index (κ1) is 16.1. The van der Waals surface area contributed by atoms with Crippen molar-refractivity contribution in [3.63, 3.8) is 0 Å². The summed E-state index contributed by atoms with van der Waals surface area (Å²) in [7, 11) is 0. The van der Waals surface area contributed by atoms with Crippen LogP contribution in [0.4, 0.5) is 4.39 Å². The molecule has 0 saturated carbocycles. The molecular formula is C17H14FNO2S. The number of rotatable bonds is 6. The highest BCUT2D eigenvalue weighted by Crippen LogP contribution is 2.23. The van der Waals surface area contributed by atoms with Crippen molar-refractivity contribution in [3.8, 4) is 6.07 Å². The van der Waals surface area contributed by atoms with E-state index in [0.717, 1.165) is 5.56 Å². The van der Waals surface area contributed by atoms with E-state index < -0.39 is 17.5 Å². The molecule has 0 radical (unpaired) electrons. The van der Waals surface area contributed by atoms with Crippen LogP contribution in [0.3, 0.4) is 0 Å². The average Bonchev–Trinajstić information content (AvgIpc) is 3.02. The molecule has 2 aromatic rings. The minimum absolute atomic E-state index is 0.0692. The van der Waals surface area contributed by atoms with Crippen molar-refractivity contribution in [2.75, 3.05) is 0 Å². The Morgan fingerprint density at radius 2 is 1.95 bits per heavy atom. The van der Waals surface area contributed by atoms with Crippen molar-refractivity contribution >= 4 is 22.9 Å². The Balaban J connectivity index is 2.08. The number of benzene rings is 1. The van der Waals surface area contributed by atoms with Crippen LogP contribution in [0.1, 0.15) is 35.2 Å². The van der Waals surface area contributed by atoms with Crippen LogP contribution in [0.2, 0.25) is 0 Å². The molecule has 1 aromatic heterocycles. The van der Waals surface area contributed by atoms with Crippen LogP contribution in [0.25, 0.3) is 0 Å². The SMILES string of the molecule is C[C@H](CC(=O)[C@@H](C#N)C(=O)c1ccsc1)c1ccc(F)cc1. The molecule has 1 aromatic carbocycles. The third kappa shape index (κ3) is 3.66. The van der Waals surface area contributed by atoms with Gasteiger partial charge < -0.3 is 0 Å². The fourth-order valence-electron chi connectivity index (χ4n) is 2.18. The average molecular weight is 315 g/mol. The smallest absolute Gasteiger partial charge is 0.188 e. The highest BCUT2D eigenvalue weighted by Gasteiger charge is 2.28. The fraction of sp³-hybridized carbons (Fsp3) is 0.235. The van der Waals surface area contributed by atoms with Crippen molar-refractivity contribution in [2.45, 2.75) is 19.3 Å². The van der Waals surface area contributed by atoms with Gasteiger partial charge in [0.2, 0.25) is 0 Å². The van der Waals surface area contributed by atoms with Crippen LogP contribution in [0.15, 0.2) is 41.1 Å². The number of Topliss-reactive ketones (excluding diaryl/α,β-unsaturated/α-hetero) is 2. The predicted octanol–water partition coefficient (Wildman–Crippen LogP) is 3.97. The van der Waals surface area contributed by atoms with Gasteiger partial charge in [-0.05, 0) is 35.1 Å². The van der Waals surface area contributed by atoms with Gasteiger partial charge in [0, 0.05) is 17.4 Å². The first-order chi connectivity index (χ1) is 10.5. The van der Waals surface area contributed by atoms with E-state index in [0.29, 0.717) is 5.56 Å². The molecule has 0 amide bonds. The summed E-state index contributed by atoms with van der Waals surface area (Å²) >= 11 is 1.34. The number of nitriles is 1. The zero-order valence-corrected chi connectivity index (χ0v) is 12.8. The summed E-state index contributed by atoms with van der Waals surface area (Å²) in [5.41, 5.74) is 1.19. The summed E-state index contributed by atoms with van der Waals surface area (Å²) in [4.78, 5) is 24.4. The van der Waals surface area contributed by atoms with Crippen LogP contribution in [-0.4, -0.2) is 11.6 Å². The number of nitrogens with zero attached hydrogens (tertiary/aromatic N) is 1. The zero-order chi connectivity index (χ0) is 16.1. The number of hydrogen-bond donors (Lipinski definition) is 0. The maximum absolute atomic E-state index is 12.9. The van der Waals surface area contributed by atoms with Gasteiger partial charge in [-0.25, -0.2) is 4.39 Å². The van der Waals surface area contributed by atoms with Crippen LogP contribution in [0, 0.1) is 23.1 Å². The minimum Gasteiger partial charge on any atom is -0.298 e. The van der Waals surface area contributed by atoms with Crippen molar-refractivity contribution < 1.29 is 14.0 Å². The van der Waals surface area contributed by atoms with E-state index in [1.807, 2.05) is 6.92 Å². The topological polar surface area (TPSA) is 57.9 Å². The molecule has 0 fully saturated rings. The number of hydrogen-bond acceptors (Lipinski definition) is 4. The van der Waals surface area contributed by atoms with E-state index in [9.17, 15) is 14.0 Å². The van der Waals surface area contributed by atoms with E-state index in [1.165, 1.54) is 23.5 Å². The Morgan fingerprint density at radius 3 is 2.50 bits per heavy atom. The highest BCUT2D eigenvalue weighted by atomic mass is 32.1. The van der Waals surface area contributed by atoms with Crippen molar-refractivity contribution in [2.24, 2.45) is 5.92 Å². The number of ketones is 2. The van der Waals surface area contributed by atoms with Gasteiger partial charge in [-0.15, -0.1) is 0 Å². The summed E-state index contributed by atoms with van der Waals surface area (Å²) < 4.78 is 12.9. The van der Waals surface area contributed by atoms with Gasteiger partial charge >= 0.3 is 0 Å². The van der Waals surface area contributed by atoms with E-state index in [2.05, 4.69) is 0 Å². The highest BCUT2D eigenvalue weighted by molar-refractivity contribution is 7.08. The second-order valence-electron chi connectivity index (χ2n) is 5.06. The van der Waals surface area contributed by atoms with Gasteiger partial charge in [-0.3, -0.25) is 9.59 Å². The van der Waals surface area contributed by atoms with Gasteiger partial charge in [0.15, 0.2) is 17.5 Å². The molecule has 22 heavy (non-hydrogen) atoms. The number of carbonyl (C=O) groups excluding carboxylic acids is 2. The quantitative estimate of drug-likeness (QED) is 0.598. The van der Waals surface area contributed by atoms with Gasteiger partial charge in [0.05, 0.1) is 6.07 Å². The third-order valence-electron chi connectivity index (χ3n) is 3.47. The molecule has 0 bridgehead atoms. The lowest BCUT2D eigenvalue weighted by atomic mass is 9.88. The Labute approximate surface area is 132 Å². The summed E-state index contributed by atoms with van der Waals surface area (Å²) in [5, 5.41) is 12.5. The largest absolute Gasteiger partial charge is 0.298 e. The molecule has 2 rings (SSSR count). The molecular weight excluding hydrogens is 301 g/mol. The maximum atomic E-state index is 12.9. The van der Waals surface area contributed by atoms with E-state index >= 15 is 0 Å². The lowest BCUT2D eigenvalue weighted by Gasteiger charge is -2.13. The van der Waals surface area contributed by atoms with E-state index in [4.69, 9.17) is 5.26 Å². The molecule has 112 valence electrons. The summed E-state index contributed by atoms with van der Waals surface area (Å²) in [6.45, 7) is 1.81. The normalized spacial score (nSPS) is 13.1. The molecule has 0 N–H and O–H groups in total. The third-order valence-corrected chi connectivity index (χ3v) is 4.15. The van der Waals surface area contributed by atoms with Gasteiger partial charge in [0.25, 0.3) is 0 Å². The lowest BCUT2D eigenvalue weighted by Crippen LogP contribution is -2.23. The second kappa shape index (κ2) is 7.10. The molecule has 0 spiro atoms. The Hall–Kier alpha value is -2.32. The first-order valence-electron chi connectivity index (χ1n) is 6.77. The van der Waals surface area contributed by atoms with Crippen LogP contribution in [-0.2, 0) is 4.79 Å². The van der Waals surface area contributed by atoms with E-state index in [-0.39, 0.29) is 18.2 Å². The molecule has 5 heteroatoms. The predicted molar refractivity (Wildman–Crippen MR) is 82.2 cm³/mol.